The first-order valence-corrected chi connectivity index (χ1v) is 7.36. The lowest BCUT2D eigenvalue weighted by atomic mass is 10.0. The Kier molecular flexibility index (Phi) is 4.12. The molecule has 4 heteroatoms. The Bertz CT molecular complexity index is 608. The topological polar surface area (TPSA) is 37.4 Å². The van der Waals surface area contributed by atoms with Gasteiger partial charge in [-0.05, 0) is 23.3 Å². The molecule has 0 aliphatic carbocycles. The Morgan fingerprint density at radius 1 is 1.05 bits per heavy atom. The van der Waals surface area contributed by atoms with E-state index in [1.54, 1.807) is 29.7 Å². The molecule has 0 heterocycles. The molecular weight excluding hydrogens is 258 g/mol. The summed E-state index contributed by atoms with van der Waals surface area (Å²) in [5.41, 5.74) is 3.62. The second-order valence-corrected chi connectivity index (χ2v) is 5.61. The van der Waals surface area contributed by atoms with Gasteiger partial charge in [0.2, 0.25) is 0 Å². The van der Waals surface area contributed by atoms with Crippen molar-refractivity contribution < 1.29 is 9.00 Å². The van der Waals surface area contributed by atoms with Crippen LogP contribution in [0.1, 0.15) is 10.4 Å². The highest BCUT2D eigenvalue weighted by atomic mass is 32.2. The highest BCUT2D eigenvalue weighted by molar-refractivity contribution is 7.85. The van der Waals surface area contributed by atoms with Gasteiger partial charge < -0.3 is 0 Å². The van der Waals surface area contributed by atoms with Crippen molar-refractivity contribution >= 4 is 23.0 Å². The van der Waals surface area contributed by atoms with Crippen molar-refractivity contribution in [1.29, 1.82) is 0 Å². The molecule has 19 heavy (non-hydrogen) atoms. The van der Waals surface area contributed by atoms with Gasteiger partial charge in [-0.3, -0.25) is 9.10 Å². The number of hydrogen-bond donors (Lipinski definition) is 0. The molecular formula is C15H15NO2S. The van der Waals surface area contributed by atoms with Crippen molar-refractivity contribution in [3.8, 4) is 11.1 Å². The molecule has 0 amide bonds. The van der Waals surface area contributed by atoms with Crippen LogP contribution in [0.3, 0.4) is 0 Å². The number of rotatable bonds is 4. The SMILES string of the molecule is CN(c1cccc(-c2ccc(C=O)cc2)c1)S(C)=O. The number of aldehydes is 1. The van der Waals surface area contributed by atoms with Crippen LogP contribution in [0.5, 0.6) is 0 Å². The third-order valence-electron chi connectivity index (χ3n) is 2.98. The number of hydrogen-bond acceptors (Lipinski definition) is 2. The molecule has 2 aromatic carbocycles. The van der Waals surface area contributed by atoms with Crippen LogP contribution in [0, 0.1) is 0 Å². The van der Waals surface area contributed by atoms with E-state index < -0.39 is 11.0 Å². The standard InChI is InChI=1S/C15H15NO2S/c1-16(19(2)18)15-5-3-4-14(10-15)13-8-6-12(11-17)7-9-13/h3-11H,1-2H3. The summed E-state index contributed by atoms with van der Waals surface area (Å²) in [4.78, 5) is 10.6. The van der Waals surface area contributed by atoms with Crippen LogP contribution in [0.4, 0.5) is 5.69 Å². The zero-order valence-corrected chi connectivity index (χ0v) is 11.7. The van der Waals surface area contributed by atoms with E-state index in [1.165, 1.54) is 0 Å². The smallest absolute Gasteiger partial charge is 0.150 e. The second kappa shape index (κ2) is 5.80. The molecule has 1 atom stereocenters. The van der Waals surface area contributed by atoms with Crippen LogP contribution in [-0.4, -0.2) is 23.8 Å². The summed E-state index contributed by atoms with van der Waals surface area (Å²) in [6.07, 6.45) is 2.47. The number of carbonyl (C=O) groups excluding carboxylic acids is 1. The van der Waals surface area contributed by atoms with E-state index in [2.05, 4.69) is 0 Å². The summed E-state index contributed by atoms with van der Waals surface area (Å²) in [6, 6.07) is 15.2. The first-order chi connectivity index (χ1) is 9.11. The Hall–Kier alpha value is -1.94. The molecule has 0 saturated carbocycles. The maximum absolute atomic E-state index is 11.5. The van der Waals surface area contributed by atoms with Crippen molar-refractivity contribution in [3.05, 3.63) is 54.1 Å². The minimum absolute atomic E-state index is 0.659. The predicted molar refractivity (Wildman–Crippen MR) is 79.7 cm³/mol. The zero-order chi connectivity index (χ0) is 13.8. The molecule has 0 aromatic heterocycles. The van der Waals surface area contributed by atoms with Gasteiger partial charge in [0.05, 0.1) is 0 Å². The Balaban J connectivity index is 2.36. The first kappa shape index (κ1) is 13.5. The van der Waals surface area contributed by atoms with Crippen LogP contribution in [0.15, 0.2) is 48.5 Å². The molecule has 0 N–H and O–H groups in total. The van der Waals surface area contributed by atoms with Gasteiger partial charge in [-0.1, -0.05) is 36.4 Å². The largest absolute Gasteiger partial charge is 0.298 e. The molecule has 0 spiro atoms. The molecule has 0 radical (unpaired) electrons. The van der Waals surface area contributed by atoms with E-state index in [4.69, 9.17) is 0 Å². The molecule has 0 aliphatic rings. The molecule has 0 bridgehead atoms. The second-order valence-electron chi connectivity index (χ2n) is 4.21. The van der Waals surface area contributed by atoms with Crippen LogP contribution < -0.4 is 4.31 Å². The summed E-state index contributed by atoms with van der Waals surface area (Å²) < 4.78 is 13.2. The van der Waals surface area contributed by atoms with Crippen molar-refractivity contribution in [1.82, 2.24) is 0 Å². The molecule has 0 aliphatic heterocycles. The molecule has 3 nitrogen and oxygen atoms in total. The molecule has 98 valence electrons. The van der Waals surface area contributed by atoms with Gasteiger partial charge in [0.25, 0.3) is 0 Å². The number of carbonyl (C=O) groups is 1. The van der Waals surface area contributed by atoms with Crippen molar-refractivity contribution in [2.45, 2.75) is 0 Å². The fourth-order valence-corrected chi connectivity index (χ4v) is 2.19. The average Bonchev–Trinajstić information content (AvgIpc) is 2.46. The minimum Gasteiger partial charge on any atom is -0.298 e. The predicted octanol–water partition coefficient (Wildman–Crippen LogP) is 2.90. The molecule has 2 rings (SSSR count). The van der Waals surface area contributed by atoms with Gasteiger partial charge in [0.1, 0.15) is 17.3 Å². The third kappa shape index (κ3) is 3.09. The fraction of sp³-hybridized carbons (Fsp3) is 0.133. The molecule has 0 saturated heterocycles. The van der Waals surface area contributed by atoms with Gasteiger partial charge >= 0.3 is 0 Å². The Labute approximate surface area is 115 Å². The average molecular weight is 273 g/mol. The van der Waals surface area contributed by atoms with Crippen molar-refractivity contribution in [3.63, 3.8) is 0 Å². The maximum Gasteiger partial charge on any atom is 0.150 e. The lowest BCUT2D eigenvalue weighted by Gasteiger charge is -2.16. The van der Waals surface area contributed by atoms with E-state index in [0.29, 0.717) is 5.56 Å². The van der Waals surface area contributed by atoms with Gasteiger partial charge in [0.15, 0.2) is 0 Å². The van der Waals surface area contributed by atoms with Gasteiger partial charge in [0, 0.05) is 24.6 Å². The quantitative estimate of drug-likeness (QED) is 0.803. The van der Waals surface area contributed by atoms with Gasteiger partial charge in [-0.2, -0.15) is 0 Å². The highest BCUT2D eigenvalue weighted by Crippen LogP contribution is 2.24. The minimum atomic E-state index is -1.04. The van der Waals surface area contributed by atoms with E-state index in [9.17, 15) is 9.00 Å². The van der Waals surface area contributed by atoms with Crippen LogP contribution >= 0.6 is 0 Å². The third-order valence-corrected chi connectivity index (χ3v) is 3.96. The van der Waals surface area contributed by atoms with E-state index in [1.807, 2.05) is 36.4 Å². The Morgan fingerprint density at radius 2 is 1.74 bits per heavy atom. The molecule has 2 aromatic rings. The summed E-state index contributed by atoms with van der Waals surface area (Å²) in [6.45, 7) is 0. The molecule has 0 fully saturated rings. The lowest BCUT2D eigenvalue weighted by Crippen LogP contribution is -2.18. The molecule has 1 unspecified atom stereocenters. The van der Waals surface area contributed by atoms with Gasteiger partial charge in [-0.25, -0.2) is 4.21 Å². The number of anilines is 1. The zero-order valence-electron chi connectivity index (χ0n) is 10.9. The van der Waals surface area contributed by atoms with Crippen LogP contribution in [0.2, 0.25) is 0 Å². The van der Waals surface area contributed by atoms with E-state index in [-0.39, 0.29) is 0 Å². The maximum atomic E-state index is 11.5. The monoisotopic (exact) mass is 273 g/mol. The van der Waals surface area contributed by atoms with E-state index in [0.717, 1.165) is 23.1 Å². The lowest BCUT2D eigenvalue weighted by molar-refractivity contribution is 0.112. The summed E-state index contributed by atoms with van der Waals surface area (Å²) in [5.74, 6) is 0. The van der Waals surface area contributed by atoms with Crippen molar-refractivity contribution in [2.75, 3.05) is 17.6 Å². The van der Waals surface area contributed by atoms with Crippen LogP contribution in [-0.2, 0) is 11.0 Å². The van der Waals surface area contributed by atoms with Crippen molar-refractivity contribution in [2.24, 2.45) is 0 Å². The van der Waals surface area contributed by atoms with Gasteiger partial charge in [-0.15, -0.1) is 0 Å². The number of benzene rings is 2. The summed E-state index contributed by atoms with van der Waals surface area (Å²) in [5, 5.41) is 0. The normalized spacial score (nSPS) is 11.9. The Morgan fingerprint density at radius 3 is 2.32 bits per heavy atom. The fourth-order valence-electron chi connectivity index (χ4n) is 1.78. The summed E-state index contributed by atoms with van der Waals surface area (Å²) in [7, 11) is 0.752. The highest BCUT2D eigenvalue weighted by Gasteiger charge is 2.05. The first-order valence-electron chi connectivity index (χ1n) is 5.85. The van der Waals surface area contributed by atoms with E-state index >= 15 is 0 Å². The summed E-state index contributed by atoms with van der Waals surface area (Å²) >= 11 is 0. The number of nitrogens with zero attached hydrogens (tertiary/aromatic N) is 1. The van der Waals surface area contributed by atoms with Crippen LogP contribution in [0.25, 0.3) is 11.1 Å².